The van der Waals surface area contributed by atoms with E-state index in [9.17, 15) is 4.79 Å². The first-order valence-corrected chi connectivity index (χ1v) is 5.52. The molecule has 0 aromatic carbocycles. The van der Waals surface area contributed by atoms with E-state index in [-0.39, 0.29) is 11.6 Å². The van der Waals surface area contributed by atoms with Crippen LogP contribution in [0.1, 0.15) is 41.8 Å². The van der Waals surface area contributed by atoms with E-state index in [2.05, 4.69) is 20.3 Å². The van der Waals surface area contributed by atoms with Gasteiger partial charge in [0.15, 0.2) is 5.69 Å². The van der Waals surface area contributed by atoms with Crippen molar-refractivity contribution < 1.29 is 9.90 Å². The summed E-state index contributed by atoms with van der Waals surface area (Å²) < 4.78 is 1.53. The van der Waals surface area contributed by atoms with Crippen molar-refractivity contribution in [3.8, 4) is 0 Å². The monoisotopic (exact) mass is 247 g/mol. The van der Waals surface area contributed by atoms with Gasteiger partial charge in [-0.2, -0.15) is 0 Å². The summed E-state index contributed by atoms with van der Waals surface area (Å²) in [5.74, 6) is -0.491. The smallest absolute Gasteiger partial charge is 0.358 e. The van der Waals surface area contributed by atoms with Crippen LogP contribution in [0.5, 0.6) is 0 Å². The van der Waals surface area contributed by atoms with Crippen LogP contribution in [0.15, 0.2) is 18.5 Å². The number of hydrogen-bond acceptors (Lipinski definition) is 5. The van der Waals surface area contributed by atoms with Crippen molar-refractivity contribution in [3.63, 3.8) is 0 Å². The van der Waals surface area contributed by atoms with Crippen LogP contribution in [0.4, 0.5) is 0 Å². The molecule has 2 rings (SSSR count). The van der Waals surface area contributed by atoms with Gasteiger partial charge >= 0.3 is 5.97 Å². The van der Waals surface area contributed by atoms with E-state index in [1.54, 1.807) is 18.5 Å². The molecule has 0 saturated carbocycles. The first-order valence-electron chi connectivity index (χ1n) is 5.52. The lowest BCUT2D eigenvalue weighted by molar-refractivity contribution is 0.0688. The summed E-state index contributed by atoms with van der Waals surface area (Å²) in [6.07, 6.45) is 3.26. The van der Waals surface area contributed by atoms with Crippen LogP contribution in [-0.2, 0) is 6.54 Å². The summed E-state index contributed by atoms with van der Waals surface area (Å²) in [5.41, 5.74) is 0.566. The van der Waals surface area contributed by atoms with Gasteiger partial charge < -0.3 is 5.11 Å². The van der Waals surface area contributed by atoms with Gasteiger partial charge in [-0.15, -0.1) is 5.10 Å². The Balaban J connectivity index is 2.37. The van der Waals surface area contributed by atoms with Gasteiger partial charge in [-0.25, -0.2) is 19.4 Å². The zero-order chi connectivity index (χ0) is 13.1. The predicted octanol–water partition coefficient (Wildman–Crippen LogP) is 0.938. The Bertz CT molecular complexity index is 550. The van der Waals surface area contributed by atoms with Crippen LogP contribution >= 0.6 is 0 Å². The maximum atomic E-state index is 11.0. The van der Waals surface area contributed by atoms with Gasteiger partial charge in [-0.3, -0.25) is 0 Å². The minimum atomic E-state index is -1.07. The molecule has 0 amide bonds. The van der Waals surface area contributed by atoms with E-state index in [4.69, 9.17) is 5.11 Å². The number of hydrogen-bond donors (Lipinski definition) is 1. The van der Waals surface area contributed by atoms with Crippen molar-refractivity contribution in [2.45, 2.75) is 26.3 Å². The second-order valence-corrected chi connectivity index (χ2v) is 4.11. The molecule has 0 unspecified atom stereocenters. The quantitative estimate of drug-likeness (QED) is 0.864. The van der Waals surface area contributed by atoms with Gasteiger partial charge in [0.25, 0.3) is 0 Å². The SMILES string of the molecule is CC(C)c1c(C(=O)O)nnn1Cc1ncccn1. The van der Waals surface area contributed by atoms with Gasteiger partial charge in [0.1, 0.15) is 12.4 Å². The fraction of sp³-hybridized carbons (Fsp3) is 0.364. The fourth-order valence-corrected chi connectivity index (χ4v) is 1.71. The van der Waals surface area contributed by atoms with E-state index in [0.717, 1.165) is 0 Å². The number of aromatic carboxylic acids is 1. The standard InChI is InChI=1S/C11H13N5O2/c1-7(2)10-9(11(17)18)14-15-16(10)6-8-12-4-3-5-13-8/h3-5,7H,6H2,1-2H3,(H,17,18). The van der Waals surface area contributed by atoms with Crippen molar-refractivity contribution in [1.82, 2.24) is 25.0 Å². The first-order chi connectivity index (χ1) is 8.59. The number of carbonyl (C=O) groups is 1. The van der Waals surface area contributed by atoms with Crippen molar-refractivity contribution in [1.29, 1.82) is 0 Å². The Labute approximate surface area is 104 Å². The largest absolute Gasteiger partial charge is 0.476 e. The molecule has 7 heteroatoms. The number of nitrogens with zero attached hydrogens (tertiary/aromatic N) is 5. The maximum Gasteiger partial charge on any atom is 0.358 e. The number of carboxylic acids is 1. The zero-order valence-electron chi connectivity index (χ0n) is 10.1. The first kappa shape index (κ1) is 12.2. The van der Waals surface area contributed by atoms with Crippen molar-refractivity contribution in [3.05, 3.63) is 35.7 Å². The molecule has 0 spiro atoms. The Morgan fingerprint density at radius 3 is 2.61 bits per heavy atom. The molecular weight excluding hydrogens is 234 g/mol. The summed E-state index contributed by atoms with van der Waals surface area (Å²) in [7, 11) is 0. The number of aromatic nitrogens is 5. The third-order valence-corrected chi connectivity index (χ3v) is 2.43. The molecule has 1 N–H and O–H groups in total. The topological polar surface area (TPSA) is 93.8 Å². The molecule has 0 aliphatic rings. The molecular formula is C11H13N5O2. The van der Waals surface area contributed by atoms with Crippen LogP contribution in [0.2, 0.25) is 0 Å². The molecule has 0 radical (unpaired) electrons. The minimum Gasteiger partial charge on any atom is -0.476 e. The third kappa shape index (κ3) is 2.34. The van der Waals surface area contributed by atoms with Gasteiger partial charge in [0, 0.05) is 12.4 Å². The van der Waals surface area contributed by atoms with Gasteiger partial charge in [-0.05, 0) is 12.0 Å². The Morgan fingerprint density at radius 2 is 2.06 bits per heavy atom. The third-order valence-electron chi connectivity index (χ3n) is 2.43. The molecule has 0 bridgehead atoms. The summed E-state index contributed by atoms with van der Waals surface area (Å²) in [4.78, 5) is 19.2. The lowest BCUT2D eigenvalue weighted by Crippen LogP contribution is -2.12. The summed E-state index contributed by atoms with van der Waals surface area (Å²) in [6, 6.07) is 1.72. The lowest BCUT2D eigenvalue weighted by Gasteiger charge is -2.08. The molecule has 18 heavy (non-hydrogen) atoms. The van der Waals surface area contributed by atoms with Crippen LogP contribution in [0.25, 0.3) is 0 Å². The summed E-state index contributed by atoms with van der Waals surface area (Å²) >= 11 is 0. The van der Waals surface area contributed by atoms with Crippen molar-refractivity contribution >= 4 is 5.97 Å². The van der Waals surface area contributed by atoms with Crippen LogP contribution in [-0.4, -0.2) is 36.0 Å². The van der Waals surface area contributed by atoms with E-state index >= 15 is 0 Å². The van der Waals surface area contributed by atoms with Gasteiger partial charge in [0.05, 0.1) is 5.69 Å². The lowest BCUT2D eigenvalue weighted by atomic mass is 10.1. The highest BCUT2D eigenvalue weighted by Crippen LogP contribution is 2.18. The molecule has 2 aromatic heterocycles. The van der Waals surface area contributed by atoms with Gasteiger partial charge in [-0.1, -0.05) is 19.1 Å². The molecule has 0 atom stereocenters. The molecule has 0 fully saturated rings. The van der Waals surface area contributed by atoms with Crippen molar-refractivity contribution in [2.24, 2.45) is 0 Å². The molecule has 94 valence electrons. The molecule has 0 aliphatic heterocycles. The van der Waals surface area contributed by atoms with Crippen molar-refractivity contribution in [2.75, 3.05) is 0 Å². The Morgan fingerprint density at radius 1 is 1.39 bits per heavy atom. The number of rotatable bonds is 4. The Hall–Kier alpha value is -2.31. The predicted molar refractivity (Wildman–Crippen MR) is 62.2 cm³/mol. The molecule has 2 aromatic rings. The van der Waals surface area contributed by atoms with E-state index in [1.807, 2.05) is 13.8 Å². The van der Waals surface area contributed by atoms with E-state index in [0.29, 0.717) is 18.1 Å². The Kier molecular flexibility index (Phi) is 3.31. The summed E-state index contributed by atoms with van der Waals surface area (Å²) in [6.45, 7) is 4.11. The van der Waals surface area contributed by atoms with Crippen LogP contribution < -0.4 is 0 Å². The molecule has 0 saturated heterocycles. The highest BCUT2D eigenvalue weighted by Gasteiger charge is 2.21. The molecule has 0 aliphatic carbocycles. The maximum absolute atomic E-state index is 11.0. The molecule has 7 nitrogen and oxygen atoms in total. The number of carboxylic acid groups (broad SMARTS) is 1. The second-order valence-electron chi connectivity index (χ2n) is 4.11. The average Bonchev–Trinajstić information content (AvgIpc) is 2.74. The normalized spacial score (nSPS) is 10.8. The van der Waals surface area contributed by atoms with Crippen LogP contribution in [0.3, 0.4) is 0 Å². The van der Waals surface area contributed by atoms with E-state index < -0.39 is 5.97 Å². The highest BCUT2D eigenvalue weighted by molar-refractivity contribution is 5.86. The fourth-order valence-electron chi connectivity index (χ4n) is 1.71. The minimum absolute atomic E-state index is 0.00909. The average molecular weight is 247 g/mol. The van der Waals surface area contributed by atoms with E-state index in [1.165, 1.54) is 4.68 Å². The second kappa shape index (κ2) is 4.91. The van der Waals surface area contributed by atoms with Crippen LogP contribution in [0, 0.1) is 0 Å². The summed E-state index contributed by atoms with van der Waals surface area (Å²) in [5, 5.41) is 16.6. The highest BCUT2D eigenvalue weighted by atomic mass is 16.4. The van der Waals surface area contributed by atoms with Gasteiger partial charge in [0.2, 0.25) is 0 Å². The molecule has 2 heterocycles. The zero-order valence-corrected chi connectivity index (χ0v) is 10.1.